The molecule has 140 valence electrons. The Morgan fingerprint density at radius 3 is 2.50 bits per heavy atom. The number of hydrogen-bond donors (Lipinski definition) is 1. The summed E-state index contributed by atoms with van der Waals surface area (Å²) in [7, 11) is 0. The number of primary amides is 1. The minimum absolute atomic E-state index is 0.0125. The Morgan fingerprint density at radius 2 is 1.88 bits per heavy atom. The Hall–Kier alpha value is -1.95. The molecule has 0 spiro atoms. The van der Waals surface area contributed by atoms with Crippen molar-refractivity contribution in [3.05, 3.63) is 30.1 Å². The van der Waals surface area contributed by atoms with Crippen LogP contribution in [0.3, 0.4) is 0 Å². The first-order chi connectivity index (χ1) is 12.6. The first-order valence-corrected chi connectivity index (χ1v) is 9.79. The third kappa shape index (κ3) is 3.34. The smallest absolute Gasteiger partial charge is 0.238 e. The van der Waals surface area contributed by atoms with E-state index in [1.54, 1.807) is 0 Å². The molecule has 2 saturated heterocycles. The summed E-state index contributed by atoms with van der Waals surface area (Å²) in [5.74, 6) is 0.807. The number of aromatic nitrogens is 1. The zero-order valence-electron chi connectivity index (χ0n) is 15.3. The van der Waals surface area contributed by atoms with Crippen molar-refractivity contribution in [3.63, 3.8) is 0 Å². The maximum Gasteiger partial charge on any atom is 0.238 e. The average Bonchev–Trinajstić information content (AvgIpc) is 3.34. The van der Waals surface area contributed by atoms with Gasteiger partial charge in [0.2, 0.25) is 11.8 Å². The maximum atomic E-state index is 12.7. The molecule has 2 N–H and O–H groups in total. The van der Waals surface area contributed by atoms with Gasteiger partial charge in [0.05, 0.1) is 0 Å². The first kappa shape index (κ1) is 17.5. The fourth-order valence-corrected chi connectivity index (χ4v) is 4.68. The number of carbonyl (C=O) groups excluding carboxylic acids is 2. The Balaban J connectivity index is 1.27. The van der Waals surface area contributed by atoms with Crippen LogP contribution in [0.15, 0.2) is 24.5 Å². The third-order valence-electron chi connectivity index (χ3n) is 6.57. The molecular weight excluding hydrogens is 328 g/mol. The Morgan fingerprint density at radius 1 is 1.15 bits per heavy atom. The van der Waals surface area contributed by atoms with Crippen LogP contribution in [0.25, 0.3) is 0 Å². The van der Waals surface area contributed by atoms with Crippen LogP contribution in [0.1, 0.15) is 37.7 Å². The SMILES string of the molecule is NC(=O)C1(C(=O)N2CCC(C3CCN(Cc4cccnc4)CC3)C2)CC1. The highest BCUT2D eigenvalue weighted by molar-refractivity contribution is 6.07. The van der Waals surface area contributed by atoms with E-state index in [-0.39, 0.29) is 5.91 Å². The van der Waals surface area contributed by atoms with Crippen molar-refractivity contribution in [2.45, 2.75) is 38.6 Å². The number of hydrogen-bond acceptors (Lipinski definition) is 4. The van der Waals surface area contributed by atoms with E-state index in [1.807, 2.05) is 23.4 Å². The lowest BCUT2D eigenvalue weighted by molar-refractivity contribution is -0.142. The standard InChI is InChI=1S/C20H28N4O2/c21-18(25)20(6-7-20)19(26)24-11-5-17(14-24)16-3-9-23(10-4-16)13-15-2-1-8-22-12-15/h1-2,8,12,16-17H,3-7,9-11,13-14H2,(H2,21,25). The molecule has 0 aromatic carbocycles. The molecule has 6 heteroatoms. The molecule has 26 heavy (non-hydrogen) atoms. The largest absolute Gasteiger partial charge is 0.369 e. The summed E-state index contributed by atoms with van der Waals surface area (Å²) in [5.41, 5.74) is 5.87. The highest BCUT2D eigenvalue weighted by atomic mass is 16.2. The van der Waals surface area contributed by atoms with Crippen molar-refractivity contribution >= 4 is 11.8 Å². The number of nitrogens with two attached hydrogens (primary N) is 1. The summed E-state index contributed by atoms with van der Waals surface area (Å²) in [4.78, 5) is 32.9. The van der Waals surface area contributed by atoms with Crippen molar-refractivity contribution in [3.8, 4) is 0 Å². The molecule has 1 aromatic heterocycles. The molecule has 0 bridgehead atoms. The lowest BCUT2D eigenvalue weighted by Crippen LogP contribution is -2.43. The molecule has 1 saturated carbocycles. The quantitative estimate of drug-likeness (QED) is 0.809. The highest BCUT2D eigenvalue weighted by Gasteiger charge is 2.57. The van der Waals surface area contributed by atoms with Gasteiger partial charge in [0.1, 0.15) is 5.41 Å². The molecular formula is C20H28N4O2. The fraction of sp³-hybridized carbons (Fsp3) is 0.650. The van der Waals surface area contributed by atoms with Crippen LogP contribution in [0.4, 0.5) is 0 Å². The second-order valence-corrected chi connectivity index (χ2v) is 8.22. The summed E-state index contributed by atoms with van der Waals surface area (Å²) in [5, 5.41) is 0. The van der Waals surface area contributed by atoms with Crippen LogP contribution in [0.2, 0.25) is 0 Å². The number of nitrogens with zero attached hydrogens (tertiary/aromatic N) is 3. The van der Waals surface area contributed by atoms with Crippen LogP contribution in [0, 0.1) is 17.3 Å². The van der Waals surface area contributed by atoms with Crippen LogP contribution in [-0.4, -0.2) is 52.8 Å². The zero-order chi connectivity index (χ0) is 18.1. The molecule has 4 rings (SSSR count). The van der Waals surface area contributed by atoms with Crippen molar-refractivity contribution in [1.29, 1.82) is 0 Å². The molecule has 1 aliphatic carbocycles. The van der Waals surface area contributed by atoms with Gasteiger partial charge in [-0.2, -0.15) is 0 Å². The topological polar surface area (TPSA) is 79.5 Å². The molecule has 1 aromatic rings. The van der Waals surface area contributed by atoms with Gasteiger partial charge in [0.25, 0.3) is 0 Å². The van der Waals surface area contributed by atoms with E-state index in [2.05, 4.69) is 16.0 Å². The molecule has 3 heterocycles. The lowest BCUT2D eigenvalue weighted by Gasteiger charge is -2.35. The van der Waals surface area contributed by atoms with Gasteiger partial charge in [-0.15, -0.1) is 0 Å². The summed E-state index contributed by atoms with van der Waals surface area (Å²) >= 11 is 0. The number of pyridine rings is 1. The van der Waals surface area contributed by atoms with Gasteiger partial charge in [-0.25, -0.2) is 0 Å². The van der Waals surface area contributed by atoms with Crippen molar-refractivity contribution < 1.29 is 9.59 Å². The van der Waals surface area contributed by atoms with E-state index in [4.69, 9.17) is 5.73 Å². The van der Waals surface area contributed by atoms with Crippen LogP contribution >= 0.6 is 0 Å². The van der Waals surface area contributed by atoms with Gasteiger partial charge in [0.15, 0.2) is 0 Å². The predicted molar refractivity (Wildman–Crippen MR) is 97.8 cm³/mol. The number of rotatable bonds is 5. The van der Waals surface area contributed by atoms with E-state index in [1.165, 1.54) is 18.4 Å². The number of likely N-dealkylation sites (tertiary alicyclic amines) is 2. The predicted octanol–water partition coefficient (Wildman–Crippen LogP) is 1.41. The number of amides is 2. The summed E-state index contributed by atoms with van der Waals surface area (Å²) < 4.78 is 0. The van der Waals surface area contributed by atoms with Gasteiger partial charge >= 0.3 is 0 Å². The molecule has 3 aliphatic rings. The van der Waals surface area contributed by atoms with E-state index in [0.717, 1.165) is 39.1 Å². The van der Waals surface area contributed by atoms with E-state index in [0.29, 0.717) is 24.7 Å². The first-order valence-electron chi connectivity index (χ1n) is 9.79. The summed E-state index contributed by atoms with van der Waals surface area (Å²) in [6.45, 7) is 4.77. The molecule has 1 atom stereocenters. The lowest BCUT2D eigenvalue weighted by atomic mass is 9.83. The summed E-state index contributed by atoms with van der Waals surface area (Å²) in [6.07, 6.45) is 8.46. The molecule has 3 fully saturated rings. The third-order valence-corrected chi connectivity index (χ3v) is 6.57. The Labute approximate surface area is 154 Å². The normalized spacial score (nSPS) is 26.0. The number of carbonyl (C=O) groups is 2. The van der Waals surface area contributed by atoms with E-state index >= 15 is 0 Å². The van der Waals surface area contributed by atoms with Crippen molar-refractivity contribution in [2.24, 2.45) is 23.0 Å². The van der Waals surface area contributed by atoms with Gasteiger partial charge in [-0.3, -0.25) is 19.5 Å². The van der Waals surface area contributed by atoms with E-state index in [9.17, 15) is 9.59 Å². The monoisotopic (exact) mass is 356 g/mol. The van der Waals surface area contributed by atoms with E-state index < -0.39 is 11.3 Å². The molecule has 6 nitrogen and oxygen atoms in total. The van der Waals surface area contributed by atoms with Gasteiger partial charge in [-0.05, 0) is 68.7 Å². The zero-order valence-corrected chi connectivity index (χ0v) is 15.3. The van der Waals surface area contributed by atoms with Crippen molar-refractivity contribution in [2.75, 3.05) is 26.2 Å². The molecule has 2 aliphatic heterocycles. The second-order valence-electron chi connectivity index (χ2n) is 8.22. The van der Waals surface area contributed by atoms with Crippen LogP contribution < -0.4 is 5.73 Å². The molecule has 1 unspecified atom stereocenters. The average molecular weight is 356 g/mol. The Bertz CT molecular complexity index is 666. The van der Waals surface area contributed by atoms with Crippen molar-refractivity contribution in [1.82, 2.24) is 14.8 Å². The summed E-state index contributed by atoms with van der Waals surface area (Å²) in [6, 6.07) is 4.12. The fourth-order valence-electron chi connectivity index (χ4n) is 4.68. The minimum Gasteiger partial charge on any atom is -0.369 e. The van der Waals surface area contributed by atoms with Crippen LogP contribution in [0.5, 0.6) is 0 Å². The molecule has 0 radical (unpaired) electrons. The van der Waals surface area contributed by atoms with Gasteiger partial charge < -0.3 is 10.6 Å². The second kappa shape index (κ2) is 6.99. The highest BCUT2D eigenvalue weighted by Crippen LogP contribution is 2.48. The molecule has 2 amide bonds. The van der Waals surface area contributed by atoms with Crippen LogP contribution in [-0.2, 0) is 16.1 Å². The Kier molecular flexibility index (Phi) is 4.69. The number of piperidine rings is 1. The maximum absolute atomic E-state index is 12.7. The van der Waals surface area contributed by atoms with Gasteiger partial charge in [0, 0.05) is 32.0 Å². The minimum atomic E-state index is -0.859. The van der Waals surface area contributed by atoms with Gasteiger partial charge in [-0.1, -0.05) is 6.07 Å².